The Balaban J connectivity index is 0.00000231. The van der Waals surface area contributed by atoms with E-state index in [2.05, 4.69) is 71.6 Å². The molecule has 2 aliphatic heterocycles. The third kappa shape index (κ3) is 5.15. The summed E-state index contributed by atoms with van der Waals surface area (Å²) in [5.74, 6) is 0. The molecule has 0 N–H and O–H groups in total. The molecule has 3 atom stereocenters. The summed E-state index contributed by atoms with van der Waals surface area (Å²) in [5.41, 5.74) is 3.74. The summed E-state index contributed by atoms with van der Waals surface area (Å²) in [5, 5.41) is 0.759. The summed E-state index contributed by atoms with van der Waals surface area (Å²) in [6.45, 7) is 1.05. The molecule has 2 aliphatic rings. The van der Waals surface area contributed by atoms with E-state index in [4.69, 9.17) is 16.3 Å². The Hall–Kier alpha value is -1.84. The average molecular weight is 454 g/mol. The number of rotatable bonds is 6. The molecule has 3 aromatic carbocycles. The van der Waals surface area contributed by atoms with E-state index in [9.17, 15) is 0 Å². The van der Waals surface area contributed by atoms with Crippen molar-refractivity contribution in [1.82, 2.24) is 4.90 Å². The highest BCUT2D eigenvalue weighted by Crippen LogP contribution is 2.40. The Bertz CT molecular complexity index is 951. The number of benzene rings is 3. The minimum Gasteiger partial charge on any atom is -0.365 e. The molecule has 3 aromatic rings. The summed E-state index contributed by atoms with van der Waals surface area (Å²) in [4.78, 5) is 2.71. The normalized spacial score (nSPS) is 23.8. The zero-order chi connectivity index (χ0) is 20.3. The van der Waals surface area contributed by atoms with Gasteiger partial charge >= 0.3 is 0 Å². The predicted octanol–water partition coefficient (Wildman–Crippen LogP) is 7.06. The van der Waals surface area contributed by atoms with Crippen LogP contribution in [0.15, 0.2) is 84.9 Å². The number of ether oxygens (including phenoxy) is 1. The third-order valence-electron chi connectivity index (χ3n) is 6.63. The number of hydrogen-bond acceptors (Lipinski definition) is 2. The van der Waals surface area contributed by atoms with Crippen LogP contribution in [0.3, 0.4) is 0 Å². The molecular weight excluding hydrogens is 425 g/mol. The van der Waals surface area contributed by atoms with E-state index in [1.54, 1.807) is 0 Å². The molecule has 2 saturated heterocycles. The fraction of sp³-hybridized carbons (Fsp3) is 0.333. The Morgan fingerprint density at radius 3 is 2.06 bits per heavy atom. The van der Waals surface area contributed by atoms with Crippen molar-refractivity contribution in [2.75, 3.05) is 0 Å². The first-order chi connectivity index (χ1) is 14.8. The van der Waals surface area contributed by atoms with E-state index in [1.165, 1.54) is 24.0 Å². The first-order valence-corrected chi connectivity index (χ1v) is 11.4. The van der Waals surface area contributed by atoms with Gasteiger partial charge in [-0.25, -0.2) is 0 Å². The number of piperidine rings is 1. The summed E-state index contributed by atoms with van der Waals surface area (Å²) in [6, 6.07) is 30.7. The van der Waals surface area contributed by atoms with Gasteiger partial charge in [0.05, 0.1) is 6.10 Å². The van der Waals surface area contributed by atoms with E-state index in [0.717, 1.165) is 30.0 Å². The molecule has 0 amide bonds. The smallest absolute Gasteiger partial charge is 0.108 e. The van der Waals surface area contributed by atoms with Gasteiger partial charge in [-0.1, -0.05) is 84.4 Å². The van der Waals surface area contributed by atoms with Crippen molar-refractivity contribution in [2.45, 2.75) is 56.5 Å². The topological polar surface area (TPSA) is 12.5 Å². The van der Waals surface area contributed by atoms with Crippen molar-refractivity contribution >= 4 is 24.0 Å². The summed E-state index contributed by atoms with van der Waals surface area (Å²) < 4.78 is 6.81. The predicted molar refractivity (Wildman–Crippen MR) is 130 cm³/mol. The van der Waals surface area contributed by atoms with Crippen LogP contribution in [-0.2, 0) is 11.3 Å². The van der Waals surface area contributed by atoms with Gasteiger partial charge in [0.1, 0.15) is 6.10 Å². The fourth-order valence-electron chi connectivity index (χ4n) is 5.23. The second-order valence-electron chi connectivity index (χ2n) is 8.62. The molecule has 2 heterocycles. The van der Waals surface area contributed by atoms with Gasteiger partial charge in [0.2, 0.25) is 0 Å². The molecule has 4 heteroatoms. The lowest BCUT2D eigenvalue weighted by Crippen LogP contribution is -2.45. The SMILES string of the molecule is Cl.Clc1cccc(C(OC2CC3CCC(C2)N3Cc2ccccc2)c2ccccc2)c1. The van der Waals surface area contributed by atoms with Crippen LogP contribution in [0.2, 0.25) is 5.02 Å². The molecule has 162 valence electrons. The van der Waals surface area contributed by atoms with E-state index < -0.39 is 0 Å². The maximum Gasteiger partial charge on any atom is 0.108 e. The largest absolute Gasteiger partial charge is 0.365 e. The molecule has 0 aromatic heterocycles. The first-order valence-electron chi connectivity index (χ1n) is 11.0. The average Bonchev–Trinajstić information content (AvgIpc) is 3.01. The third-order valence-corrected chi connectivity index (χ3v) is 6.87. The fourth-order valence-corrected chi connectivity index (χ4v) is 5.43. The molecule has 2 nitrogen and oxygen atoms in total. The number of halogens is 2. The minimum absolute atomic E-state index is 0. The molecule has 5 rings (SSSR count). The van der Waals surface area contributed by atoms with Crippen molar-refractivity contribution in [3.05, 3.63) is 107 Å². The van der Waals surface area contributed by atoms with Crippen molar-refractivity contribution in [3.63, 3.8) is 0 Å². The molecule has 0 spiro atoms. The lowest BCUT2D eigenvalue weighted by molar-refractivity contribution is -0.0501. The molecule has 3 unspecified atom stereocenters. The molecule has 2 bridgehead atoms. The molecule has 2 fully saturated rings. The van der Waals surface area contributed by atoms with E-state index in [-0.39, 0.29) is 24.6 Å². The number of nitrogens with zero attached hydrogens (tertiary/aromatic N) is 1. The maximum atomic E-state index is 6.81. The van der Waals surface area contributed by atoms with Crippen LogP contribution in [0.5, 0.6) is 0 Å². The van der Waals surface area contributed by atoms with E-state index in [0.29, 0.717) is 12.1 Å². The number of hydrogen-bond donors (Lipinski definition) is 0. The van der Waals surface area contributed by atoms with Crippen LogP contribution < -0.4 is 0 Å². The zero-order valence-electron chi connectivity index (χ0n) is 17.6. The van der Waals surface area contributed by atoms with Gasteiger partial charge < -0.3 is 4.74 Å². The first kappa shape index (κ1) is 22.4. The van der Waals surface area contributed by atoms with E-state index in [1.807, 2.05) is 18.2 Å². The van der Waals surface area contributed by atoms with Gasteiger partial charge in [-0.3, -0.25) is 4.90 Å². The molecule has 0 radical (unpaired) electrons. The van der Waals surface area contributed by atoms with Crippen molar-refractivity contribution < 1.29 is 4.74 Å². The highest BCUT2D eigenvalue weighted by atomic mass is 35.5. The van der Waals surface area contributed by atoms with Gasteiger partial charge in [0.15, 0.2) is 0 Å². The molecule has 0 saturated carbocycles. The quantitative estimate of drug-likeness (QED) is 0.395. The summed E-state index contributed by atoms with van der Waals surface area (Å²) in [7, 11) is 0. The lowest BCUT2D eigenvalue weighted by atomic mass is 9.96. The highest BCUT2D eigenvalue weighted by Gasteiger charge is 2.41. The van der Waals surface area contributed by atoms with Crippen LogP contribution in [0.4, 0.5) is 0 Å². The van der Waals surface area contributed by atoms with Crippen LogP contribution in [0.25, 0.3) is 0 Å². The van der Waals surface area contributed by atoms with Gasteiger partial charge in [0.25, 0.3) is 0 Å². The Morgan fingerprint density at radius 2 is 1.42 bits per heavy atom. The summed E-state index contributed by atoms with van der Waals surface area (Å²) >= 11 is 6.31. The van der Waals surface area contributed by atoms with Crippen LogP contribution >= 0.6 is 24.0 Å². The minimum atomic E-state index is -0.0741. The Labute approximate surface area is 196 Å². The Kier molecular flexibility index (Phi) is 7.35. The Morgan fingerprint density at radius 1 is 0.806 bits per heavy atom. The maximum absolute atomic E-state index is 6.81. The zero-order valence-corrected chi connectivity index (χ0v) is 19.1. The second-order valence-corrected chi connectivity index (χ2v) is 9.05. The standard InChI is InChI=1S/C27H28ClNO.ClH/c28-23-13-7-12-22(16-23)27(21-10-5-2-6-11-21)30-26-17-24-14-15-25(18-26)29(24)19-20-8-3-1-4-9-20;/h1-13,16,24-27H,14-15,17-19H2;1H. The van der Waals surface area contributed by atoms with Crippen molar-refractivity contribution in [1.29, 1.82) is 0 Å². The lowest BCUT2D eigenvalue weighted by Gasteiger charge is -2.40. The van der Waals surface area contributed by atoms with Gasteiger partial charge in [-0.2, -0.15) is 0 Å². The van der Waals surface area contributed by atoms with Gasteiger partial charge in [0, 0.05) is 23.7 Å². The van der Waals surface area contributed by atoms with Crippen molar-refractivity contribution in [3.8, 4) is 0 Å². The van der Waals surface area contributed by atoms with Crippen LogP contribution in [0, 0.1) is 0 Å². The van der Waals surface area contributed by atoms with Gasteiger partial charge in [-0.05, 0) is 54.5 Å². The highest BCUT2D eigenvalue weighted by molar-refractivity contribution is 6.30. The molecule has 31 heavy (non-hydrogen) atoms. The van der Waals surface area contributed by atoms with E-state index >= 15 is 0 Å². The second kappa shape index (κ2) is 10.2. The van der Waals surface area contributed by atoms with Crippen molar-refractivity contribution in [2.24, 2.45) is 0 Å². The monoisotopic (exact) mass is 453 g/mol. The molecule has 0 aliphatic carbocycles. The van der Waals surface area contributed by atoms with Crippen LogP contribution in [-0.4, -0.2) is 23.1 Å². The molecular formula is C27H29Cl2NO. The van der Waals surface area contributed by atoms with Crippen LogP contribution in [0.1, 0.15) is 48.5 Å². The number of fused-ring (bicyclic) bond motifs is 2. The van der Waals surface area contributed by atoms with Gasteiger partial charge in [-0.15, -0.1) is 12.4 Å². The summed E-state index contributed by atoms with van der Waals surface area (Å²) in [6.07, 6.45) is 4.98.